The first-order chi connectivity index (χ1) is 10.8. The van der Waals surface area contributed by atoms with Crippen LogP contribution >= 0.6 is 15.9 Å². The Bertz CT molecular complexity index is 1000. The lowest BCUT2D eigenvalue weighted by atomic mass is 10.1. The van der Waals surface area contributed by atoms with Crippen LogP contribution in [-0.2, 0) is 10.0 Å². The summed E-state index contributed by atoms with van der Waals surface area (Å²) in [4.78, 5) is -0.00739. The van der Waals surface area contributed by atoms with E-state index in [1.54, 1.807) is 12.1 Å². The lowest BCUT2D eigenvalue weighted by molar-refractivity contribution is 0.153. The smallest absolute Gasteiger partial charge is 0.268 e. The van der Waals surface area contributed by atoms with Gasteiger partial charge in [0.25, 0.3) is 16.4 Å². The molecule has 8 heteroatoms. The second kappa shape index (κ2) is 5.61. The largest absolute Gasteiger partial charge is 0.398 e. The Morgan fingerprint density at radius 3 is 2.48 bits per heavy atom. The van der Waals surface area contributed by atoms with E-state index in [2.05, 4.69) is 15.9 Å². The lowest BCUT2D eigenvalue weighted by Crippen LogP contribution is -2.11. The molecule has 0 aliphatic rings. The van der Waals surface area contributed by atoms with Gasteiger partial charge in [-0.2, -0.15) is 0 Å². The van der Waals surface area contributed by atoms with Crippen LogP contribution in [0.4, 0.5) is 14.5 Å². The predicted octanol–water partition coefficient (Wildman–Crippen LogP) is 4.16. The Hall–Kier alpha value is -1.93. The quantitative estimate of drug-likeness (QED) is 0.671. The zero-order valence-corrected chi connectivity index (χ0v) is 14.0. The molecule has 0 saturated carbocycles. The number of rotatable bonds is 3. The van der Waals surface area contributed by atoms with Crippen molar-refractivity contribution in [3.63, 3.8) is 0 Å². The van der Waals surface area contributed by atoms with E-state index in [0.717, 1.165) is 10.2 Å². The Labute approximate surface area is 139 Å². The molecule has 0 amide bonds. The number of nitrogen functional groups attached to an aromatic ring is 1. The number of halogens is 3. The Morgan fingerprint density at radius 2 is 1.83 bits per heavy atom. The highest BCUT2D eigenvalue weighted by atomic mass is 79.9. The summed E-state index contributed by atoms with van der Waals surface area (Å²) >= 11 is 3.20. The second-order valence-electron chi connectivity index (χ2n) is 4.88. The summed E-state index contributed by atoms with van der Waals surface area (Å²) in [7, 11) is -4.02. The van der Waals surface area contributed by atoms with Crippen LogP contribution in [0, 0.1) is 0 Å². The van der Waals surface area contributed by atoms with E-state index >= 15 is 0 Å². The molecule has 0 saturated heterocycles. The first kappa shape index (κ1) is 15.9. The molecule has 0 spiro atoms. The third kappa shape index (κ3) is 2.61. The number of nitrogens with zero attached hydrogens (tertiary/aromatic N) is 1. The number of hydrogen-bond acceptors (Lipinski definition) is 3. The van der Waals surface area contributed by atoms with Gasteiger partial charge in [-0.05, 0) is 30.3 Å². The molecule has 1 aromatic heterocycles. The zero-order valence-electron chi connectivity index (χ0n) is 11.6. The summed E-state index contributed by atoms with van der Waals surface area (Å²) in [5.41, 5.74) is 5.60. The SMILES string of the molecule is Nc1cccc2c1c(C(F)F)cn2S(=O)(=O)c1cccc(Br)c1. The standard InChI is InChI=1S/C15H11BrF2N2O2S/c16-9-3-1-4-10(7-9)23(21,22)20-8-11(15(17)18)14-12(19)5-2-6-13(14)20/h1-8,15H,19H2. The van der Waals surface area contributed by atoms with E-state index in [9.17, 15) is 17.2 Å². The maximum atomic E-state index is 13.3. The topological polar surface area (TPSA) is 65.1 Å². The van der Waals surface area contributed by atoms with Gasteiger partial charge < -0.3 is 5.73 Å². The average molecular weight is 401 g/mol. The molecule has 3 aromatic rings. The third-order valence-corrected chi connectivity index (χ3v) is 5.61. The molecule has 2 N–H and O–H groups in total. The van der Waals surface area contributed by atoms with Crippen molar-refractivity contribution in [2.75, 3.05) is 5.73 Å². The molecule has 23 heavy (non-hydrogen) atoms. The van der Waals surface area contributed by atoms with Crippen molar-refractivity contribution < 1.29 is 17.2 Å². The van der Waals surface area contributed by atoms with Crippen LogP contribution in [-0.4, -0.2) is 12.4 Å². The monoisotopic (exact) mass is 400 g/mol. The van der Waals surface area contributed by atoms with Gasteiger partial charge in [-0.25, -0.2) is 21.2 Å². The third-order valence-electron chi connectivity index (χ3n) is 3.45. The number of hydrogen-bond donors (Lipinski definition) is 1. The van der Waals surface area contributed by atoms with Gasteiger partial charge in [-0.15, -0.1) is 0 Å². The fraction of sp³-hybridized carbons (Fsp3) is 0.0667. The van der Waals surface area contributed by atoms with Gasteiger partial charge in [0, 0.05) is 27.3 Å². The number of alkyl halides is 2. The Balaban J connectivity index is 2.35. The van der Waals surface area contributed by atoms with Crippen molar-refractivity contribution in [3.05, 3.63) is 58.7 Å². The van der Waals surface area contributed by atoms with Crippen LogP contribution in [0.25, 0.3) is 10.9 Å². The molecule has 120 valence electrons. The van der Waals surface area contributed by atoms with Gasteiger partial charge >= 0.3 is 0 Å². The van der Waals surface area contributed by atoms with Crippen molar-refractivity contribution in [3.8, 4) is 0 Å². The Morgan fingerprint density at radius 1 is 1.13 bits per heavy atom. The van der Waals surface area contributed by atoms with Crippen molar-refractivity contribution in [2.45, 2.75) is 11.3 Å². The van der Waals surface area contributed by atoms with E-state index < -0.39 is 22.0 Å². The summed E-state index contributed by atoms with van der Waals surface area (Å²) in [6.07, 6.45) is -1.90. The first-order valence-electron chi connectivity index (χ1n) is 6.51. The fourth-order valence-corrected chi connectivity index (χ4v) is 4.39. The highest BCUT2D eigenvalue weighted by molar-refractivity contribution is 9.10. The van der Waals surface area contributed by atoms with Crippen molar-refractivity contribution in [1.29, 1.82) is 0 Å². The highest BCUT2D eigenvalue weighted by Gasteiger charge is 2.25. The normalized spacial score (nSPS) is 12.2. The van der Waals surface area contributed by atoms with Gasteiger partial charge in [0.1, 0.15) is 0 Å². The van der Waals surface area contributed by atoms with E-state index in [4.69, 9.17) is 5.73 Å². The minimum absolute atomic E-state index is 0.00739. The molecule has 0 bridgehead atoms. The van der Waals surface area contributed by atoms with E-state index in [0.29, 0.717) is 4.47 Å². The summed E-state index contributed by atoms with van der Waals surface area (Å²) in [6.45, 7) is 0. The minimum Gasteiger partial charge on any atom is -0.398 e. The average Bonchev–Trinajstić information content (AvgIpc) is 2.89. The van der Waals surface area contributed by atoms with E-state index in [1.165, 1.54) is 30.3 Å². The fourth-order valence-electron chi connectivity index (χ4n) is 2.42. The van der Waals surface area contributed by atoms with E-state index in [1.807, 2.05) is 0 Å². The number of aromatic nitrogens is 1. The van der Waals surface area contributed by atoms with Gasteiger partial charge in [0.05, 0.1) is 10.4 Å². The molecule has 3 rings (SSSR count). The highest BCUT2D eigenvalue weighted by Crippen LogP contribution is 2.35. The Kier molecular flexibility index (Phi) is 3.89. The summed E-state index contributed by atoms with van der Waals surface area (Å²) in [6, 6.07) is 10.5. The number of benzene rings is 2. The number of nitrogens with two attached hydrogens (primary N) is 1. The molecule has 0 unspecified atom stereocenters. The minimum atomic E-state index is -4.02. The second-order valence-corrected chi connectivity index (χ2v) is 7.62. The molecule has 0 fully saturated rings. The van der Waals surface area contributed by atoms with Crippen molar-refractivity contribution in [2.24, 2.45) is 0 Å². The molecule has 4 nitrogen and oxygen atoms in total. The first-order valence-corrected chi connectivity index (χ1v) is 8.74. The maximum absolute atomic E-state index is 13.3. The van der Waals surface area contributed by atoms with E-state index in [-0.39, 0.29) is 21.5 Å². The molecule has 0 aliphatic heterocycles. The van der Waals surface area contributed by atoms with Crippen molar-refractivity contribution in [1.82, 2.24) is 3.97 Å². The van der Waals surface area contributed by atoms with Crippen LogP contribution in [0.5, 0.6) is 0 Å². The molecule has 2 aromatic carbocycles. The molecule has 0 atom stereocenters. The summed E-state index contributed by atoms with van der Waals surface area (Å²) in [5, 5.41) is 0.0565. The van der Waals surface area contributed by atoms with Crippen LogP contribution in [0.15, 0.2) is 58.0 Å². The van der Waals surface area contributed by atoms with Gasteiger partial charge in [0.2, 0.25) is 0 Å². The molecule has 0 aliphatic carbocycles. The van der Waals surface area contributed by atoms with Crippen LogP contribution in [0.3, 0.4) is 0 Å². The molecular formula is C15H11BrF2N2O2S. The maximum Gasteiger partial charge on any atom is 0.268 e. The van der Waals surface area contributed by atoms with Crippen LogP contribution in [0.1, 0.15) is 12.0 Å². The summed E-state index contributed by atoms with van der Waals surface area (Å²) in [5.74, 6) is 0. The van der Waals surface area contributed by atoms with Gasteiger partial charge in [-0.1, -0.05) is 28.1 Å². The zero-order chi connectivity index (χ0) is 16.8. The lowest BCUT2D eigenvalue weighted by Gasteiger charge is -2.08. The van der Waals surface area contributed by atoms with Gasteiger partial charge in [-0.3, -0.25) is 0 Å². The predicted molar refractivity (Wildman–Crippen MR) is 88.0 cm³/mol. The number of anilines is 1. The van der Waals surface area contributed by atoms with Crippen LogP contribution < -0.4 is 5.73 Å². The summed E-state index contributed by atoms with van der Waals surface area (Å²) < 4.78 is 53.6. The van der Waals surface area contributed by atoms with Crippen molar-refractivity contribution >= 4 is 42.5 Å². The molecular weight excluding hydrogens is 390 g/mol. The molecule has 1 heterocycles. The van der Waals surface area contributed by atoms with Crippen LogP contribution in [0.2, 0.25) is 0 Å². The molecule has 0 radical (unpaired) electrons. The number of fused-ring (bicyclic) bond motifs is 1. The van der Waals surface area contributed by atoms with Gasteiger partial charge in [0.15, 0.2) is 0 Å².